The van der Waals surface area contributed by atoms with E-state index in [4.69, 9.17) is 14.5 Å². The fourth-order valence-corrected chi connectivity index (χ4v) is 2.75. The number of rotatable bonds is 6. The highest BCUT2D eigenvalue weighted by Gasteiger charge is 2.16. The minimum atomic E-state index is -4.08. The molecule has 5 heteroatoms. The average Bonchev–Trinajstić information content (AvgIpc) is 2.75. The molecule has 0 bridgehead atoms. The number of fused-ring (bicyclic) bond motifs is 1. The van der Waals surface area contributed by atoms with E-state index in [2.05, 4.69) is 6.92 Å². The van der Waals surface area contributed by atoms with Crippen molar-refractivity contribution < 1.29 is 19.1 Å². The van der Waals surface area contributed by atoms with E-state index in [0.29, 0.717) is 17.9 Å². The molecular weight excluding hydrogens is 275 g/mol. The molecule has 0 aromatic rings. The maximum atomic E-state index is 11.2. The van der Waals surface area contributed by atoms with Crippen molar-refractivity contribution >= 4 is 7.60 Å². The van der Waals surface area contributed by atoms with Gasteiger partial charge in [-0.3, -0.25) is 4.57 Å². The summed E-state index contributed by atoms with van der Waals surface area (Å²) in [5.41, 5.74) is 2.56. The molecule has 0 spiro atoms. The summed E-state index contributed by atoms with van der Waals surface area (Å²) in [5, 5.41) is 0. The summed E-state index contributed by atoms with van der Waals surface area (Å²) < 4.78 is 16.9. The summed E-state index contributed by atoms with van der Waals surface area (Å²) in [6, 6.07) is 11.2. The first kappa shape index (κ1) is 15.0. The van der Waals surface area contributed by atoms with Crippen LogP contribution in [-0.4, -0.2) is 16.4 Å². The van der Waals surface area contributed by atoms with E-state index in [-0.39, 0.29) is 6.16 Å². The number of hydrogen-bond acceptors (Lipinski definition) is 2. The monoisotopic (exact) mass is 294 g/mol. The van der Waals surface area contributed by atoms with Gasteiger partial charge in [0, 0.05) is 5.56 Å². The van der Waals surface area contributed by atoms with Crippen LogP contribution < -0.4 is 4.74 Å². The van der Waals surface area contributed by atoms with E-state index in [0.717, 1.165) is 24.0 Å². The summed E-state index contributed by atoms with van der Waals surface area (Å²) in [6.45, 7) is 2.70. The fraction of sp³-hybridized carbons (Fsp3) is 0.333. The lowest BCUT2D eigenvalue weighted by Gasteiger charge is -2.08. The third-order valence-electron chi connectivity index (χ3n) is 3.05. The van der Waals surface area contributed by atoms with Crippen molar-refractivity contribution in [3.63, 3.8) is 0 Å². The predicted octanol–water partition coefficient (Wildman–Crippen LogP) is 3.65. The Morgan fingerprint density at radius 1 is 1.20 bits per heavy atom. The van der Waals surface area contributed by atoms with Crippen LogP contribution in [0.15, 0.2) is 36.4 Å². The van der Waals surface area contributed by atoms with E-state index >= 15 is 0 Å². The minimum absolute atomic E-state index is 0.269. The minimum Gasteiger partial charge on any atom is -0.493 e. The Morgan fingerprint density at radius 3 is 2.70 bits per heavy atom. The highest BCUT2D eigenvalue weighted by molar-refractivity contribution is 7.50. The normalized spacial score (nSPS) is 11.8. The molecule has 20 heavy (non-hydrogen) atoms. The Bertz CT molecular complexity index is 591. The highest BCUT2D eigenvalue weighted by Crippen LogP contribution is 2.41. The second-order valence-corrected chi connectivity index (χ2v) is 6.48. The SMILES string of the molecule is CCCCOc1cc(CP(=O)(O)O)ccc2cccc1-2. The van der Waals surface area contributed by atoms with Crippen molar-refractivity contribution in [2.45, 2.75) is 25.9 Å². The molecule has 108 valence electrons. The molecule has 0 heterocycles. The molecular formula is C15H19O4P. The van der Waals surface area contributed by atoms with Crippen molar-refractivity contribution in [3.8, 4) is 16.9 Å². The first-order valence-corrected chi connectivity index (χ1v) is 8.48. The van der Waals surface area contributed by atoms with Gasteiger partial charge in [0.1, 0.15) is 5.75 Å². The molecule has 2 rings (SSSR count). The molecule has 0 saturated heterocycles. The number of ether oxygens (including phenoxy) is 1. The molecule has 0 aromatic heterocycles. The van der Waals surface area contributed by atoms with Gasteiger partial charge in [-0.05, 0) is 23.6 Å². The summed E-state index contributed by atoms with van der Waals surface area (Å²) in [4.78, 5) is 18.2. The van der Waals surface area contributed by atoms with Crippen LogP contribution in [-0.2, 0) is 10.7 Å². The standard InChI is InChI=1S/C15H19O4P/c1-2-3-9-19-15-10-12(11-20(16,17)18)7-8-13-5-4-6-14(13)15/h4-8,10H,2-3,9,11H2,1H3,(H2,16,17,18). The van der Waals surface area contributed by atoms with Crippen molar-refractivity contribution in [1.82, 2.24) is 0 Å². The third kappa shape index (κ3) is 4.07. The molecule has 0 radical (unpaired) electrons. The first-order valence-electron chi connectivity index (χ1n) is 6.68. The van der Waals surface area contributed by atoms with Gasteiger partial charge in [0.15, 0.2) is 0 Å². The molecule has 2 N–H and O–H groups in total. The van der Waals surface area contributed by atoms with Crippen molar-refractivity contribution in [3.05, 3.63) is 42.0 Å². The molecule has 2 aliphatic rings. The molecule has 0 atom stereocenters. The van der Waals surface area contributed by atoms with Gasteiger partial charge in [0.2, 0.25) is 0 Å². The highest BCUT2D eigenvalue weighted by atomic mass is 31.2. The van der Waals surface area contributed by atoms with Crippen LogP contribution in [0.2, 0.25) is 0 Å². The van der Waals surface area contributed by atoms with Crippen LogP contribution in [0.1, 0.15) is 25.3 Å². The molecule has 0 amide bonds. The summed E-state index contributed by atoms with van der Waals surface area (Å²) in [7, 11) is -4.08. The van der Waals surface area contributed by atoms with Gasteiger partial charge in [-0.15, -0.1) is 0 Å². The Kier molecular flexibility index (Phi) is 4.81. The largest absolute Gasteiger partial charge is 0.493 e. The summed E-state index contributed by atoms with van der Waals surface area (Å²) in [6.07, 6.45) is 1.72. The van der Waals surface area contributed by atoms with E-state index < -0.39 is 7.60 Å². The Hall–Kier alpha value is -1.35. The second kappa shape index (κ2) is 6.40. The van der Waals surface area contributed by atoms with Crippen molar-refractivity contribution in [1.29, 1.82) is 0 Å². The van der Waals surface area contributed by atoms with Gasteiger partial charge in [-0.2, -0.15) is 0 Å². The first-order chi connectivity index (χ1) is 9.49. The van der Waals surface area contributed by atoms with Crippen LogP contribution in [0.4, 0.5) is 0 Å². The molecule has 2 aliphatic carbocycles. The maximum absolute atomic E-state index is 11.2. The molecule has 0 aromatic carbocycles. The van der Waals surface area contributed by atoms with Gasteiger partial charge in [0.25, 0.3) is 0 Å². The van der Waals surface area contributed by atoms with E-state index in [1.54, 1.807) is 12.1 Å². The van der Waals surface area contributed by atoms with Gasteiger partial charge >= 0.3 is 7.60 Å². The van der Waals surface area contributed by atoms with E-state index in [1.807, 2.05) is 24.3 Å². The molecule has 4 nitrogen and oxygen atoms in total. The topological polar surface area (TPSA) is 66.8 Å². The zero-order valence-corrected chi connectivity index (χ0v) is 12.3. The van der Waals surface area contributed by atoms with Gasteiger partial charge in [-0.25, -0.2) is 0 Å². The lowest BCUT2D eigenvalue weighted by molar-refractivity contribution is 0.310. The Balaban J connectivity index is 2.35. The zero-order valence-electron chi connectivity index (χ0n) is 11.5. The van der Waals surface area contributed by atoms with Crippen LogP contribution in [0.3, 0.4) is 0 Å². The summed E-state index contributed by atoms with van der Waals surface area (Å²) >= 11 is 0. The smallest absolute Gasteiger partial charge is 0.329 e. The van der Waals surface area contributed by atoms with Gasteiger partial charge in [0.05, 0.1) is 12.8 Å². The van der Waals surface area contributed by atoms with E-state index in [1.165, 1.54) is 0 Å². The predicted molar refractivity (Wildman–Crippen MR) is 79.2 cm³/mol. The molecule has 0 unspecified atom stereocenters. The second-order valence-electron chi connectivity index (χ2n) is 4.84. The Labute approximate surface area is 118 Å². The third-order valence-corrected chi connectivity index (χ3v) is 3.83. The number of unbranched alkanes of at least 4 members (excludes halogenated alkanes) is 1. The molecule has 0 saturated carbocycles. The molecule has 0 fully saturated rings. The molecule has 0 aliphatic heterocycles. The number of hydrogen-bond donors (Lipinski definition) is 2. The maximum Gasteiger partial charge on any atom is 0.329 e. The van der Waals surface area contributed by atoms with Crippen molar-refractivity contribution in [2.75, 3.05) is 6.61 Å². The van der Waals surface area contributed by atoms with E-state index in [9.17, 15) is 4.57 Å². The lowest BCUT2D eigenvalue weighted by atomic mass is 10.2. The van der Waals surface area contributed by atoms with Gasteiger partial charge < -0.3 is 14.5 Å². The van der Waals surface area contributed by atoms with Crippen LogP contribution in [0.25, 0.3) is 11.1 Å². The van der Waals surface area contributed by atoms with Crippen LogP contribution in [0.5, 0.6) is 5.75 Å². The summed E-state index contributed by atoms with van der Waals surface area (Å²) in [5.74, 6) is 0.687. The zero-order chi connectivity index (χ0) is 14.6. The van der Waals surface area contributed by atoms with Crippen LogP contribution >= 0.6 is 7.60 Å². The average molecular weight is 294 g/mol. The van der Waals surface area contributed by atoms with Gasteiger partial charge in [-0.1, -0.05) is 43.7 Å². The quantitative estimate of drug-likeness (QED) is 0.630. The Morgan fingerprint density at radius 2 is 2.00 bits per heavy atom. The lowest BCUT2D eigenvalue weighted by Crippen LogP contribution is -1.97. The van der Waals surface area contributed by atoms with Crippen molar-refractivity contribution in [2.24, 2.45) is 0 Å². The van der Waals surface area contributed by atoms with Crippen LogP contribution in [0, 0.1) is 0 Å². The fourth-order valence-electron chi connectivity index (χ4n) is 2.08.